The lowest BCUT2D eigenvalue weighted by atomic mass is 10.1. The number of hydrogen-bond acceptors (Lipinski definition) is 6. The predicted octanol–water partition coefficient (Wildman–Crippen LogP) is 3.41. The molecule has 0 saturated carbocycles. The minimum atomic E-state index is 0.150. The standard InChI is InChI=1S/C21H17N5O2/c1-27-18-9-8-14(11-19(18)28-2)10-15(12-22)20-17(13-23)21(24)26(25-20)16-6-4-3-5-7-16/h3-11H,24H2,1-2H3/b15-10-. The van der Waals surface area contributed by atoms with Gasteiger partial charge in [0.2, 0.25) is 0 Å². The van der Waals surface area contributed by atoms with Gasteiger partial charge in [-0.2, -0.15) is 15.6 Å². The summed E-state index contributed by atoms with van der Waals surface area (Å²) < 4.78 is 12.0. The Morgan fingerprint density at radius 2 is 1.79 bits per heavy atom. The van der Waals surface area contributed by atoms with E-state index in [1.807, 2.05) is 30.3 Å². The fraction of sp³-hybridized carbons (Fsp3) is 0.0952. The summed E-state index contributed by atoms with van der Waals surface area (Å²) in [7, 11) is 3.08. The number of nitrogens with two attached hydrogens (primary N) is 1. The van der Waals surface area contributed by atoms with Gasteiger partial charge in [-0.3, -0.25) is 0 Å². The maximum atomic E-state index is 9.69. The smallest absolute Gasteiger partial charge is 0.161 e. The highest BCUT2D eigenvalue weighted by Crippen LogP contribution is 2.31. The molecule has 0 amide bonds. The zero-order valence-corrected chi connectivity index (χ0v) is 15.4. The van der Waals surface area contributed by atoms with Crippen LogP contribution < -0.4 is 15.2 Å². The van der Waals surface area contributed by atoms with Gasteiger partial charge >= 0.3 is 0 Å². The molecular weight excluding hydrogens is 354 g/mol. The molecule has 2 N–H and O–H groups in total. The van der Waals surface area contributed by atoms with Gasteiger partial charge in [-0.05, 0) is 35.9 Å². The maximum absolute atomic E-state index is 9.69. The summed E-state index contributed by atoms with van der Waals surface area (Å²) in [6, 6.07) is 18.6. The zero-order valence-electron chi connectivity index (χ0n) is 15.4. The third-order valence-corrected chi connectivity index (χ3v) is 4.13. The molecule has 0 unspecified atom stereocenters. The third kappa shape index (κ3) is 3.37. The highest BCUT2D eigenvalue weighted by molar-refractivity contribution is 5.91. The number of hydrogen-bond donors (Lipinski definition) is 1. The fourth-order valence-electron chi connectivity index (χ4n) is 2.76. The molecule has 138 valence electrons. The second-order valence-corrected chi connectivity index (χ2v) is 5.75. The van der Waals surface area contributed by atoms with E-state index in [4.69, 9.17) is 15.2 Å². The van der Waals surface area contributed by atoms with Crippen molar-refractivity contribution in [2.75, 3.05) is 20.0 Å². The molecule has 0 aliphatic carbocycles. The number of ether oxygens (including phenoxy) is 2. The van der Waals surface area contributed by atoms with Gasteiger partial charge in [-0.1, -0.05) is 24.3 Å². The summed E-state index contributed by atoms with van der Waals surface area (Å²) in [5, 5.41) is 23.7. The number of nitriles is 2. The highest BCUT2D eigenvalue weighted by Gasteiger charge is 2.20. The summed E-state index contributed by atoms with van der Waals surface area (Å²) >= 11 is 0. The number of methoxy groups -OCH3 is 2. The Morgan fingerprint density at radius 3 is 2.39 bits per heavy atom. The molecule has 0 saturated heterocycles. The molecule has 28 heavy (non-hydrogen) atoms. The Labute approximate surface area is 162 Å². The Hall–Kier alpha value is -4.23. The van der Waals surface area contributed by atoms with Crippen molar-refractivity contribution < 1.29 is 9.47 Å². The molecule has 0 aliphatic heterocycles. The molecule has 3 aromatic rings. The lowest BCUT2D eigenvalue weighted by Gasteiger charge is -2.07. The van der Waals surface area contributed by atoms with Crippen LogP contribution >= 0.6 is 0 Å². The van der Waals surface area contributed by atoms with E-state index in [1.165, 1.54) is 11.8 Å². The van der Waals surface area contributed by atoms with Crippen LogP contribution in [0.15, 0.2) is 48.5 Å². The maximum Gasteiger partial charge on any atom is 0.161 e. The minimum Gasteiger partial charge on any atom is -0.493 e. The number of anilines is 1. The van der Waals surface area contributed by atoms with Crippen LogP contribution in [0.4, 0.5) is 5.82 Å². The van der Waals surface area contributed by atoms with Crippen molar-refractivity contribution in [3.05, 3.63) is 65.4 Å². The van der Waals surface area contributed by atoms with E-state index >= 15 is 0 Å². The van der Waals surface area contributed by atoms with Crippen molar-refractivity contribution in [3.63, 3.8) is 0 Å². The van der Waals surface area contributed by atoms with Crippen molar-refractivity contribution in [1.82, 2.24) is 9.78 Å². The van der Waals surface area contributed by atoms with Crippen molar-refractivity contribution in [2.45, 2.75) is 0 Å². The number of nitrogen functional groups attached to an aromatic ring is 1. The first-order valence-electron chi connectivity index (χ1n) is 8.31. The van der Waals surface area contributed by atoms with Crippen LogP contribution in [0.5, 0.6) is 11.5 Å². The van der Waals surface area contributed by atoms with Gasteiger partial charge in [-0.25, -0.2) is 4.68 Å². The van der Waals surface area contributed by atoms with E-state index in [0.717, 1.165) is 0 Å². The van der Waals surface area contributed by atoms with E-state index in [9.17, 15) is 10.5 Å². The molecule has 3 rings (SSSR count). The Balaban J connectivity index is 2.12. The van der Waals surface area contributed by atoms with Gasteiger partial charge in [0.25, 0.3) is 0 Å². The molecule has 0 atom stereocenters. The predicted molar refractivity (Wildman–Crippen MR) is 106 cm³/mol. The average Bonchev–Trinajstić information content (AvgIpc) is 3.08. The summed E-state index contributed by atoms with van der Waals surface area (Å²) in [4.78, 5) is 0. The van der Waals surface area contributed by atoms with E-state index in [-0.39, 0.29) is 22.6 Å². The second-order valence-electron chi connectivity index (χ2n) is 5.75. The van der Waals surface area contributed by atoms with Crippen molar-refractivity contribution in [2.24, 2.45) is 0 Å². The Kier molecular flexibility index (Phi) is 5.29. The fourth-order valence-corrected chi connectivity index (χ4v) is 2.76. The molecule has 0 radical (unpaired) electrons. The number of benzene rings is 2. The molecule has 2 aromatic carbocycles. The van der Waals surface area contributed by atoms with Gasteiger partial charge in [0.15, 0.2) is 11.5 Å². The molecule has 1 aromatic heterocycles. The van der Waals surface area contributed by atoms with Crippen LogP contribution in [0, 0.1) is 22.7 Å². The van der Waals surface area contributed by atoms with E-state index < -0.39 is 0 Å². The number of para-hydroxylation sites is 1. The summed E-state index contributed by atoms with van der Waals surface area (Å²) in [6.07, 6.45) is 1.62. The van der Waals surface area contributed by atoms with Crippen molar-refractivity contribution in [1.29, 1.82) is 10.5 Å². The van der Waals surface area contributed by atoms with Crippen LogP contribution in [-0.2, 0) is 0 Å². The minimum absolute atomic E-state index is 0.150. The van der Waals surface area contributed by atoms with Crippen molar-refractivity contribution in [3.8, 4) is 29.3 Å². The van der Waals surface area contributed by atoms with E-state index in [1.54, 1.807) is 31.4 Å². The molecule has 0 aliphatic rings. The van der Waals surface area contributed by atoms with E-state index in [0.29, 0.717) is 22.7 Å². The van der Waals surface area contributed by atoms with Crippen LogP contribution in [0.3, 0.4) is 0 Å². The van der Waals surface area contributed by atoms with Crippen LogP contribution in [0.25, 0.3) is 17.3 Å². The van der Waals surface area contributed by atoms with Crippen molar-refractivity contribution >= 4 is 17.5 Å². The first kappa shape index (κ1) is 18.6. The normalized spacial score (nSPS) is 10.8. The SMILES string of the molecule is COc1ccc(/C=C(/C#N)c2nn(-c3ccccc3)c(N)c2C#N)cc1OC. The van der Waals surface area contributed by atoms with Crippen LogP contribution in [-0.4, -0.2) is 24.0 Å². The lowest BCUT2D eigenvalue weighted by molar-refractivity contribution is 0.355. The summed E-state index contributed by atoms with van der Waals surface area (Å²) in [5.41, 5.74) is 8.11. The molecule has 7 nitrogen and oxygen atoms in total. The van der Waals surface area contributed by atoms with Crippen LogP contribution in [0.2, 0.25) is 0 Å². The van der Waals surface area contributed by atoms with Gasteiger partial charge in [0.1, 0.15) is 29.2 Å². The molecule has 1 heterocycles. The number of nitrogens with zero attached hydrogens (tertiary/aromatic N) is 4. The largest absolute Gasteiger partial charge is 0.493 e. The van der Waals surface area contributed by atoms with Gasteiger partial charge in [0.05, 0.1) is 25.5 Å². The highest BCUT2D eigenvalue weighted by atomic mass is 16.5. The molecule has 0 spiro atoms. The number of aromatic nitrogens is 2. The quantitative estimate of drug-likeness (QED) is 0.688. The summed E-state index contributed by atoms with van der Waals surface area (Å²) in [6.45, 7) is 0. The van der Waals surface area contributed by atoms with Gasteiger partial charge < -0.3 is 15.2 Å². The average molecular weight is 371 g/mol. The lowest BCUT2D eigenvalue weighted by Crippen LogP contribution is -2.02. The molecule has 0 bridgehead atoms. The van der Waals surface area contributed by atoms with Gasteiger partial charge in [0, 0.05) is 0 Å². The Morgan fingerprint density at radius 1 is 1.07 bits per heavy atom. The zero-order chi connectivity index (χ0) is 20.1. The first-order chi connectivity index (χ1) is 13.6. The Bertz CT molecular complexity index is 1120. The molecule has 0 fully saturated rings. The van der Waals surface area contributed by atoms with Crippen LogP contribution in [0.1, 0.15) is 16.8 Å². The second kappa shape index (κ2) is 7.98. The molecule has 7 heteroatoms. The topological polar surface area (TPSA) is 110 Å². The van der Waals surface area contributed by atoms with Gasteiger partial charge in [-0.15, -0.1) is 0 Å². The van der Waals surface area contributed by atoms with E-state index in [2.05, 4.69) is 17.2 Å². The number of rotatable bonds is 5. The number of allylic oxidation sites excluding steroid dienone is 1. The molecular formula is C21H17N5O2. The monoisotopic (exact) mass is 371 g/mol. The summed E-state index contributed by atoms with van der Waals surface area (Å²) in [5.74, 6) is 1.29. The third-order valence-electron chi connectivity index (χ3n) is 4.13. The first-order valence-corrected chi connectivity index (χ1v) is 8.31.